The van der Waals surface area contributed by atoms with Gasteiger partial charge in [0, 0.05) is 17.4 Å². The zero-order chi connectivity index (χ0) is 17.2. The maximum Gasteiger partial charge on any atom is 0.124 e. The Morgan fingerprint density at radius 3 is 2.48 bits per heavy atom. The quantitative estimate of drug-likeness (QED) is 0.569. The van der Waals surface area contributed by atoms with Gasteiger partial charge in [0.1, 0.15) is 5.82 Å². The van der Waals surface area contributed by atoms with Crippen molar-refractivity contribution in [2.45, 2.75) is 12.5 Å². The molecule has 4 nitrogen and oxygen atoms in total. The molecule has 2 heterocycles. The normalized spacial score (nSPS) is 12.4. The molecule has 0 aliphatic rings. The Morgan fingerprint density at radius 2 is 1.72 bits per heavy atom. The van der Waals surface area contributed by atoms with Gasteiger partial charge >= 0.3 is 0 Å². The molecule has 0 radical (unpaired) electrons. The number of aromatic amines is 1. The van der Waals surface area contributed by atoms with Crippen molar-refractivity contribution in [3.8, 4) is 11.1 Å². The number of H-pyrrole nitrogens is 1. The lowest BCUT2D eigenvalue weighted by molar-refractivity contribution is 0.680. The molecule has 0 amide bonds. The molecule has 0 aliphatic heterocycles. The number of hydrogen-bond donors (Lipinski definition) is 2. The molecule has 0 spiro atoms. The minimum atomic E-state index is -0.196. The maximum absolute atomic E-state index is 6.34. The number of pyridine rings is 1. The Bertz CT molecular complexity index is 993. The molecule has 0 saturated carbocycles. The van der Waals surface area contributed by atoms with Gasteiger partial charge in [-0.2, -0.15) is 0 Å². The Labute approximate surface area is 150 Å². The third-order valence-corrected chi connectivity index (χ3v) is 4.49. The third kappa shape index (κ3) is 3.40. The number of imidazole rings is 1. The van der Waals surface area contributed by atoms with Crippen LogP contribution in [-0.4, -0.2) is 15.0 Å². The van der Waals surface area contributed by atoms with E-state index in [1.165, 1.54) is 0 Å². The first-order valence-corrected chi connectivity index (χ1v) is 8.47. The minimum Gasteiger partial charge on any atom is -0.341 e. The predicted molar refractivity (Wildman–Crippen MR) is 101 cm³/mol. The van der Waals surface area contributed by atoms with Crippen molar-refractivity contribution in [1.29, 1.82) is 0 Å². The number of hydrogen-bond acceptors (Lipinski definition) is 3. The van der Waals surface area contributed by atoms with Crippen molar-refractivity contribution in [2.75, 3.05) is 0 Å². The summed E-state index contributed by atoms with van der Waals surface area (Å²) in [6.45, 7) is 0. The maximum atomic E-state index is 6.34. The van der Waals surface area contributed by atoms with Crippen LogP contribution in [0.25, 0.3) is 22.2 Å². The first kappa shape index (κ1) is 15.8. The van der Waals surface area contributed by atoms with Crippen molar-refractivity contribution < 1.29 is 0 Å². The molecule has 0 unspecified atom stereocenters. The van der Waals surface area contributed by atoms with E-state index in [1.54, 1.807) is 12.4 Å². The molecule has 0 fully saturated rings. The second kappa shape index (κ2) is 6.67. The smallest absolute Gasteiger partial charge is 0.124 e. The van der Waals surface area contributed by atoms with Crippen LogP contribution in [0.3, 0.4) is 0 Å². The van der Waals surface area contributed by atoms with E-state index in [9.17, 15) is 0 Å². The topological polar surface area (TPSA) is 67.6 Å². The molecule has 0 bridgehead atoms. The highest BCUT2D eigenvalue weighted by molar-refractivity contribution is 6.30. The van der Waals surface area contributed by atoms with Gasteiger partial charge in [0.2, 0.25) is 0 Å². The summed E-state index contributed by atoms with van der Waals surface area (Å²) in [6, 6.07) is 17.7. The summed E-state index contributed by atoms with van der Waals surface area (Å²) < 4.78 is 0. The van der Waals surface area contributed by atoms with Gasteiger partial charge in [-0.3, -0.25) is 4.98 Å². The summed E-state index contributed by atoms with van der Waals surface area (Å²) in [5, 5.41) is 0.727. The van der Waals surface area contributed by atoms with Crippen LogP contribution in [0.15, 0.2) is 67.0 Å². The third-order valence-electron chi connectivity index (χ3n) is 4.23. The predicted octanol–water partition coefficient (Wildman–Crippen LogP) is 4.52. The molecule has 4 aromatic rings. The van der Waals surface area contributed by atoms with Gasteiger partial charge in [-0.15, -0.1) is 0 Å². The van der Waals surface area contributed by atoms with Gasteiger partial charge in [0.15, 0.2) is 0 Å². The largest absolute Gasteiger partial charge is 0.341 e. The van der Waals surface area contributed by atoms with Crippen molar-refractivity contribution >= 4 is 22.6 Å². The van der Waals surface area contributed by atoms with Crippen LogP contribution >= 0.6 is 11.6 Å². The van der Waals surface area contributed by atoms with E-state index in [0.717, 1.165) is 38.6 Å². The lowest BCUT2D eigenvalue weighted by Gasteiger charge is -2.08. The molecule has 2 aromatic heterocycles. The van der Waals surface area contributed by atoms with Crippen LogP contribution in [0.1, 0.15) is 17.4 Å². The van der Waals surface area contributed by atoms with Crippen LogP contribution in [-0.2, 0) is 6.42 Å². The standard InChI is InChI=1S/C20H17ClN4/c21-16-4-1-13(2-5-16)11-17(22)20-24-18-6-3-15(12-19(18)25-20)14-7-9-23-10-8-14/h1-10,12,17H,11,22H2,(H,24,25)/t17-/m0/s1. The van der Waals surface area contributed by atoms with Gasteiger partial charge < -0.3 is 10.7 Å². The fourth-order valence-electron chi connectivity index (χ4n) is 2.90. The highest BCUT2D eigenvalue weighted by Crippen LogP contribution is 2.24. The summed E-state index contributed by atoms with van der Waals surface area (Å²) in [5.41, 5.74) is 11.6. The average Bonchev–Trinajstić information content (AvgIpc) is 3.08. The Kier molecular flexibility index (Phi) is 4.22. The van der Waals surface area contributed by atoms with Gasteiger partial charge in [-0.1, -0.05) is 29.8 Å². The molecule has 5 heteroatoms. The number of halogens is 1. The van der Waals surface area contributed by atoms with E-state index in [4.69, 9.17) is 17.3 Å². The first-order valence-electron chi connectivity index (χ1n) is 8.09. The van der Waals surface area contributed by atoms with Crippen molar-refractivity contribution in [3.63, 3.8) is 0 Å². The summed E-state index contributed by atoms with van der Waals surface area (Å²) in [7, 11) is 0. The van der Waals surface area contributed by atoms with E-state index in [2.05, 4.69) is 27.1 Å². The number of nitrogens with one attached hydrogen (secondary N) is 1. The van der Waals surface area contributed by atoms with E-state index in [0.29, 0.717) is 6.42 Å². The molecular weight excluding hydrogens is 332 g/mol. The Hall–Kier alpha value is -2.69. The van der Waals surface area contributed by atoms with Crippen LogP contribution in [0, 0.1) is 0 Å². The van der Waals surface area contributed by atoms with E-state index >= 15 is 0 Å². The number of nitrogens with two attached hydrogens (primary N) is 1. The molecule has 2 aromatic carbocycles. The number of aromatic nitrogens is 3. The van der Waals surface area contributed by atoms with E-state index in [1.807, 2.05) is 42.5 Å². The fourth-order valence-corrected chi connectivity index (χ4v) is 3.03. The van der Waals surface area contributed by atoms with Gasteiger partial charge in [-0.05, 0) is 59.5 Å². The lowest BCUT2D eigenvalue weighted by Crippen LogP contribution is -2.14. The van der Waals surface area contributed by atoms with Crippen LogP contribution in [0.4, 0.5) is 0 Å². The highest BCUT2D eigenvalue weighted by Gasteiger charge is 2.13. The van der Waals surface area contributed by atoms with Gasteiger partial charge in [0.25, 0.3) is 0 Å². The molecular formula is C20H17ClN4. The summed E-state index contributed by atoms with van der Waals surface area (Å²) in [6.07, 6.45) is 4.29. The number of benzene rings is 2. The minimum absolute atomic E-state index is 0.196. The summed E-state index contributed by atoms with van der Waals surface area (Å²) in [5.74, 6) is 0.789. The first-order chi connectivity index (χ1) is 12.2. The SMILES string of the molecule is N[C@@H](Cc1ccc(Cl)cc1)c1nc2ccc(-c3ccncc3)cc2[nH]1. The summed E-state index contributed by atoms with van der Waals surface area (Å²) in [4.78, 5) is 12.1. The van der Waals surface area contributed by atoms with Crippen LogP contribution in [0.5, 0.6) is 0 Å². The van der Waals surface area contributed by atoms with Gasteiger partial charge in [-0.25, -0.2) is 4.98 Å². The summed E-state index contributed by atoms with van der Waals surface area (Å²) >= 11 is 5.93. The molecule has 4 rings (SSSR count). The molecule has 25 heavy (non-hydrogen) atoms. The fraction of sp³-hybridized carbons (Fsp3) is 0.100. The Morgan fingerprint density at radius 1 is 0.960 bits per heavy atom. The molecule has 3 N–H and O–H groups in total. The zero-order valence-corrected chi connectivity index (χ0v) is 14.2. The zero-order valence-electron chi connectivity index (χ0n) is 13.5. The lowest BCUT2D eigenvalue weighted by atomic mass is 10.1. The second-order valence-electron chi connectivity index (χ2n) is 6.03. The van der Waals surface area contributed by atoms with Crippen molar-refractivity contribution in [3.05, 3.63) is 83.4 Å². The van der Waals surface area contributed by atoms with Crippen molar-refractivity contribution in [1.82, 2.24) is 15.0 Å². The molecule has 124 valence electrons. The van der Waals surface area contributed by atoms with Crippen LogP contribution in [0.2, 0.25) is 5.02 Å². The Balaban J connectivity index is 1.61. The van der Waals surface area contributed by atoms with Crippen molar-refractivity contribution in [2.24, 2.45) is 5.73 Å². The van der Waals surface area contributed by atoms with Crippen LogP contribution < -0.4 is 5.73 Å². The number of rotatable bonds is 4. The van der Waals surface area contributed by atoms with E-state index in [-0.39, 0.29) is 6.04 Å². The molecule has 1 atom stereocenters. The van der Waals surface area contributed by atoms with E-state index < -0.39 is 0 Å². The van der Waals surface area contributed by atoms with Gasteiger partial charge in [0.05, 0.1) is 17.1 Å². The number of fused-ring (bicyclic) bond motifs is 1. The second-order valence-corrected chi connectivity index (χ2v) is 6.46. The highest BCUT2D eigenvalue weighted by atomic mass is 35.5. The molecule has 0 saturated heterocycles. The number of nitrogens with zero attached hydrogens (tertiary/aromatic N) is 2. The molecule has 0 aliphatic carbocycles. The monoisotopic (exact) mass is 348 g/mol. The average molecular weight is 349 g/mol.